The molecule has 1 rings (SSSR count). The van der Waals surface area contributed by atoms with E-state index in [1.807, 2.05) is 20.8 Å². The van der Waals surface area contributed by atoms with Gasteiger partial charge in [0.15, 0.2) is 0 Å². The predicted octanol–water partition coefficient (Wildman–Crippen LogP) is 3.65. The summed E-state index contributed by atoms with van der Waals surface area (Å²) >= 11 is 0. The molecule has 4 heteroatoms. The number of nitrogens with zero attached hydrogens (tertiary/aromatic N) is 1. The first kappa shape index (κ1) is 15.0. The first-order chi connectivity index (χ1) is 8.19. The van der Waals surface area contributed by atoms with Crippen molar-refractivity contribution in [2.45, 2.75) is 33.4 Å². The van der Waals surface area contributed by atoms with E-state index in [4.69, 9.17) is 0 Å². The summed E-state index contributed by atoms with van der Waals surface area (Å²) in [6.07, 6.45) is -3.46. The summed E-state index contributed by atoms with van der Waals surface area (Å²) in [7, 11) is 1.51. The van der Waals surface area contributed by atoms with Gasteiger partial charge in [0.1, 0.15) is 0 Å². The zero-order valence-electron chi connectivity index (χ0n) is 11.4. The van der Waals surface area contributed by atoms with Gasteiger partial charge < -0.3 is 0 Å². The molecule has 0 aliphatic rings. The monoisotopic (exact) mass is 259 g/mol. The van der Waals surface area contributed by atoms with E-state index < -0.39 is 12.7 Å². The number of hydrogen-bond donors (Lipinski definition) is 0. The van der Waals surface area contributed by atoms with Gasteiger partial charge in [0.05, 0.1) is 6.54 Å². The SMILES string of the molecule is Cc1cc(C)c(CCN(C)CC(F)(F)F)c(C)c1. The number of halogens is 3. The van der Waals surface area contributed by atoms with Crippen molar-refractivity contribution in [2.75, 3.05) is 20.1 Å². The average Bonchev–Trinajstić information content (AvgIpc) is 2.12. The fourth-order valence-corrected chi connectivity index (χ4v) is 2.29. The van der Waals surface area contributed by atoms with E-state index in [0.717, 1.165) is 16.7 Å². The quantitative estimate of drug-likeness (QED) is 0.797. The minimum absolute atomic E-state index is 0.421. The van der Waals surface area contributed by atoms with E-state index in [-0.39, 0.29) is 0 Å². The Kier molecular flexibility index (Phi) is 4.79. The highest BCUT2D eigenvalue weighted by molar-refractivity contribution is 5.37. The third-order valence-electron chi connectivity index (χ3n) is 3.03. The lowest BCUT2D eigenvalue weighted by atomic mass is 9.97. The lowest BCUT2D eigenvalue weighted by Crippen LogP contribution is -2.32. The van der Waals surface area contributed by atoms with Crippen molar-refractivity contribution < 1.29 is 13.2 Å². The molecule has 1 nitrogen and oxygen atoms in total. The second-order valence-electron chi connectivity index (χ2n) is 4.98. The second kappa shape index (κ2) is 5.74. The van der Waals surface area contributed by atoms with Gasteiger partial charge in [-0.05, 0) is 50.9 Å². The number of rotatable bonds is 4. The smallest absolute Gasteiger partial charge is 0.298 e. The molecule has 1 aromatic carbocycles. The highest BCUT2D eigenvalue weighted by atomic mass is 19.4. The van der Waals surface area contributed by atoms with Gasteiger partial charge in [-0.1, -0.05) is 17.7 Å². The standard InChI is InChI=1S/C14H20F3N/c1-10-7-11(2)13(12(3)8-10)5-6-18(4)9-14(15,16)17/h7-8H,5-6,9H2,1-4H3. The van der Waals surface area contributed by atoms with E-state index in [9.17, 15) is 13.2 Å². The van der Waals surface area contributed by atoms with Crippen LogP contribution in [0.1, 0.15) is 22.3 Å². The van der Waals surface area contributed by atoms with Crippen LogP contribution in [-0.4, -0.2) is 31.2 Å². The Hall–Kier alpha value is -1.03. The van der Waals surface area contributed by atoms with Crippen LogP contribution in [0.3, 0.4) is 0 Å². The van der Waals surface area contributed by atoms with Crippen molar-refractivity contribution >= 4 is 0 Å². The predicted molar refractivity (Wildman–Crippen MR) is 67.9 cm³/mol. The third kappa shape index (κ3) is 4.69. The van der Waals surface area contributed by atoms with Crippen LogP contribution in [-0.2, 0) is 6.42 Å². The van der Waals surface area contributed by atoms with Crippen LogP contribution in [0, 0.1) is 20.8 Å². The van der Waals surface area contributed by atoms with Crippen LogP contribution in [0.2, 0.25) is 0 Å². The molecule has 0 aliphatic carbocycles. The lowest BCUT2D eigenvalue weighted by molar-refractivity contribution is -0.142. The molecule has 0 N–H and O–H groups in total. The Balaban J connectivity index is 2.64. The molecule has 18 heavy (non-hydrogen) atoms. The summed E-state index contributed by atoms with van der Waals surface area (Å²) in [5, 5.41) is 0. The molecule has 0 unspecified atom stereocenters. The maximum absolute atomic E-state index is 12.2. The first-order valence-corrected chi connectivity index (χ1v) is 6.01. The van der Waals surface area contributed by atoms with Crippen molar-refractivity contribution in [3.63, 3.8) is 0 Å². The van der Waals surface area contributed by atoms with Gasteiger partial charge >= 0.3 is 6.18 Å². The maximum Gasteiger partial charge on any atom is 0.401 e. The van der Waals surface area contributed by atoms with Crippen molar-refractivity contribution in [2.24, 2.45) is 0 Å². The molecule has 0 atom stereocenters. The molecule has 0 fully saturated rings. The van der Waals surface area contributed by atoms with Crippen LogP contribution in [0.25, 0.3) is 0 Å². The van der Waals surface area contributed by atoms with Crippen LogP contribution in [0.4, 0.5) is 13.2 Å². The second-order valence-corrected chi connectivity index (χ2v) is 4.98. The van der Waals surface area contributed by atoms with Gasteiger partial charge in [-0.3, -0.25) is 4.90 Å². The lowest BCUT2D eigenvalue weighted by Gasteiger charge is -2.20. The van der Waals surface area contributed by atoms with Gasteiger partial charge in [0, 0.05) is 6.54 Å². The number of aryl methyl sites for hydroxylation is 3. The summed E-state index contributed by atoms with van der Waals surface area (Å²) in [6, 6.07) is 4.15. The topological polar surface area (TPSA) is 3.24 Å². The molecule has 102 valence electrons. The van der Waals surface area contributed by atoms with Crippen LogP contribution in [0.15, 0.2) is 12.1 Å². The molecule has 0 aromatic heterocycles. The largest absolute Gasteiger partial charge is 0.401 e. The van der Waals surface area contributed by atoms with E-state index in [1.54, 1.807) is 0 Å². The van der Waals surface area contributed by atoms with Crippen LogP contribution < -0.4 is 0 Å². The molecule has 0 heterocycles. The molecule has 0 saturated carbocycles. The Morgan fingerprint density at radius 2 is 1.56 bits per heavy atom. The zero-order valence-corrected chi connectivity index (χ0v) is 11.4. The molecule has 0 radical (unpaired) electrons. The number of likely N-dealkylation sites (N-methyl/N-ethyl adjacent to an activating group) is 1. The molecule has 0 amide bonds. The number of alkyl halides is 3. The molecular formula is C14H20F3N. The van der Waals surface area contributed by atoms with Crippen molar-refractivity contribution in [3.05, 3.63) is 34.4 Å². The highest BCUT2D eigenvalue weighted by Gasteiger charge is 2.28. The fourth-order valence-electron chi connectivity index (χ4n) is 2.29. The van der Waals surface area contributed by atoms with Gasteiger partial charge in [-0.2, -0.15) is 13.2 Å². The van der Waals surface area contributed by atoms with Gasteiger partial charge in [0.25, 0.3) is 0 Å². The summed E-state index contributed by atoms with van der Waals surface area (Å²) in [5.41, 5.74) is 4.67. The normalized spacial score (nSPS) is 12.2. The van der Waals surface area contributed by atoms with Crippen molar-refractivity contribution in [1.29, 1.82) is 0 Å². The third-order valence-corrected chi connectivity index (χ3v) is 3.03. The van der Waals surface area contributed by atoms with Gasteiger partial charge in [-0.15, -0.1) is 0 Å². The summed E-state index contributed by atoms with van der Waals surface area (Å²) in [6.45, 7) is 5.62. The highest BCUT2D eigenvalue weighted by Crippen LogP contribution is 2.19. The molecule has 0 saturated heterocycles. The Labute approximate surface area is 107 Å². The maximum atomic E-state index is 12.2. The molecule has 0 aliphatic heterocycles. The summed E-state index contributed by atoms with van der Waals surface area (Å²) in [4.78, 5) is 1.32. The van der Waals surface area contributed by atoms with E-state index >= 15 is 0 Å². The fraction of sp³-hybridized carbons (Fsp3) is 0.571. The zero-order chi connectivity index (χ0) is 13.9. The Morgan fingerprint density at radius 3 is 2.00 bits per heavy atom. The summed E-state index contributed by atoms with van der Waals surface area (Å²) in [5.74, 6) is 0. The first-order valence-electron chi connectivity index (χ1n) is 6.01. The summed E-state index contributed by atoms with van der Waals surface area (Å²) < 4.78 is 36.6. The van der Waals surface area contributed by atoms with Crippen LogP contribution in [0.5, 0.6) is 0 Å². The van der Waals surface area contributed by atoms with Gasteiger partial charge in [0.2, 0.25) is 0 Å². The molecule has 1 aromatic rings. The Bertz CT molecular complexity index is 387. The minimum Gasteiger partial charge on any atom is -0.298 e. The molecular weight excluding hydrogens is 239 g/mol. The average molecular weight is 259 g/mol. The molecule has 0 bridgehead atoms. The van der Waals surface area contributed by atoms with E-state index in [0.29, 0.717) is 13.0 Å². The minimum atomic E-state index is -4.12. The number of benzene rings is 1. The Morgan fingerprint density at radius 1 is 1.06 bits per heavy atom. The van der Waals surface area contributed by atoms with E-state index in [1.165, 1.54) is 17.5 Å². The van der Waals surface area contributed by atoms with Crippen molar-refractivity contribution in [3.8, 4) is 0 Å². The molecule has 0 spiro atoms. The number of hydrogen-bond acceptors (Lipinski definition) is 1. The van der Waals surface area contributed by atoms with Crippen molar-refractivity contribution in [1.82, 2.24) is 4.90 Å². The van der Waals surface area contributed by atoms with E-state index in [2.05, 4.69) is 12.1 Å². The van der Waals surface area contributed by atoms with Gasteiger partial charge in [-0.25, -0.2) is 0 Å². The van der Waals surface area contributed by atoms with Crippen LogP contribution >= 0.6 is 0 Å².